The van der Waals surface area contributed by atoms with Crippen LogP contribution in [-0.4, -0.2) is 39.3 Å². The van der Waals surface area contributed by atoms with E-state index in [1.165, 1.54) is 18.4 Å². The van der Waals surface area contributed by atoms with Crippen LogP contribution < -0.4 is 5.73 Å². The van der Waals surface area contributed by atoms with Crippen LogP contribution in [0.4, 0.5) is 0 Å². The van der Waals surface area contributed by atoms with Gasteiger partial charge >= 0.3 is 0 Å². The fourth-order valence-corrected chi connectivity index (χ4v) is 2.62. The fourth-order valence-electron chi connectivity index (χ4n) is 2.62. The summed E-state index contributed by atoms with van der Waals surface area (Å²) in [6, 6.07) is 8.02. The Morgan fingerprint density at radius 2 is 2.10 bits per heavy atom. The number of carbonyl (C=O) groups excluding carboxylic acids is 1. The molecule has 20 heavy (non-hydrogen) atoms. The first-order chi connectivity index (χ1) is 9.74. The first-order valence-electron chi connectivity index (χ1n) is 6.76. The summed E-state index contributed by atoms with van der Waals surface area (Å²) < 4.78 is 0. The third-order valence-electron chi connectivity index (χ3n) is 3.59. The van der Waals surface area contributed by atoms with Crippen LogP contribution >= 0.6 is 0 Å². The van der Waals surface area contributed by atoms with Crippen molar-refractivity contribution in [3.05, 3.63) is 35.5 Å². The van der Waals surface area contributed by atoms with E-state index in [0.717, 1.165) is 25.2 Å². The van der Waals surface area contributed by atoms with Crippen molar-refractivity contribution in [3.8, 4) is 11.3 Å². The molecule has 0 atom stereocenters. The zero-order chi connectivity index (χ0) is 13.9. The molecule has 2 heterocycles. The number of likely N-dealkylation sites (tertiary alicyclic amines) is 1. The van der Waals surface area contributed by atoms with Gasteiger partial charge in [0.05, 0.1) is 0 Å². The van der Waals surface area contributed by atoms with Crippen molar-refractivity contribution in [2.75, 3.05) is 13.1 Å². The molecule has 1 saturated heterocycles. The highest BCUT2D eigenvalue weighted by Gasteiger charge is 2.16. The van der Waals surface area contributed by atoms with Crippen LogP contribution in [0.2, 0.25) is 0 Å². The van der Waals surface area contributed by atoms with Crippen LogP contribution in [0.1, 0.15) is 28.9 Å². The normalized spacial score (nSPS) is 15.6. The van der Waals surface area contributed by atoms with Crippen LogP contribution in [-0.2, 0) is 6.54 Å². The number of nitrogens with one attached hydrogen (secondary N) is 1. The Balaban J connectivity index is 1.86. The largest absolute Gasteiger partial charge is 0.364 e. The number of primary amides is 1. The lowest BCUT2D eigenvalue weighted by Gasteiger charge is -2.14. The van der Waals surface area contributed by atoms with Gasteiger partial charge in [-0.25, -0.2) is 0 Å². The number of nitrogens with zero attached hydrogens (tertiary/aromatic N) is 3. The highest BCUT2D eigenvalue weighted by molar-refractivity contribution is 5.96. The molecule has 3 N–H and O–H groups in total. The maximum atomic E-state index is 11.3. The van der Waals surface area contributed by atoms with E-state index in [1.807, 2.05) is 18.2 Å². The zero-order valence-corrected chi connectivity index (χ0v) is 11.2. The average molecular weight is 271 g/mol. The monoisotopic (exact) mass is 271 g/mol. The summed E-state index contributed by atoms with van der Waals surface area (Å²) >= 11 is 0. The van der Waals surface area contributed by atoms with E-state index in [9.17, 15) is 4.79 Å². The van der Waals surface area contributed by atoms with Gasteiger partial charge in [-0.05, 0) is 37.6 Å². The summed E-state index contributed by atoms with van der Waals surface area (Å²) in [7, 11) is 0. The molecule has 0 saturated carbocycles. The summed E-state index contributed by atoms with van der Waals surface area (Å²) in [5.74, 6) is -0.571. The van der Waals surface area contributed by atoms with Gasteiger partial charge in [0.25, 0.3) is 5.91 Å². The van der Waals surface area contributed by atoms with Gasteiger partial charge in [0.2, 0.25) is 0 Å². The quantitative estimate of drug-likeness (QED) is 0.873. The van der Waals surface area contributed by atoms with Crippen LogP contribution in [0.15, 0.2) is 24.3 Å². The van der Waals surface area contributed by atoms with Crippen molar-refractivity contribution in [1.29, 1.82) is 0 Å². The summed E-state index contributed by atoms with van der Waals surface area (Å²) in [4.78, 5) is 13.7. The van der Waals surface area contributed by atoms with E-state index in [-0.39, 0.29) is 5.69 Å². The number of nitrogens with two attached hydrogens (primary N) is 1. The minimum Gasteiger partial charge on any atom is -0.364 e. The smallest absolute Gasteiger partial charge is 0.271 e. The fraction of sp³-hybridized carbons (Fsp3) is 0.357. The van der Waals surface area contributed by atoms with Crippen molar-refractivity contribution >= 4 is 5.91 Å². The number of benzene rings is 1. The minimum atomic E-state index is -0.571. The molecule has 1 aliphatic rings. The highest BCUT2D eigenvalue weighted by atomic mass is 16.1. The molecule has 1 fully saturated rings. The number of carbonyl (C=O) groups is 1. The van der Waals surface area contributed by atoms with Gasteiger partial charge < -0.3 is 5.73 Å². The molecule has 6 nitrogen and oxygen atoms in total. The van der Waals surface area contributed by atoms with E-state index >= 15 is 0 Å². The molecule has 6 heteroatoms. The number of rotatable bonds is 4. The van der Waals surface area contributed by atoms with Gasteiger partial charge in [0, 0.05) is 12.1 Å². The average Bonchev–Trinajstić information content (AvgIpc) is 3.09. The van der Waals surface area contributed by atoms with E-state index in [1.54, 1.807) is 0 Å². The molecule has 1 amide bonds. The molecule has 0 aliphatic carbocycles. The Kier molecular flexibility index (Phi) is 3.47. The molecule has 1 aromatic carbocycles. The number of aromatic amines is 1. The van der Waals surface area contributed by atoms with E-state index in [2.05, 4.69) is 26.4 Å². The summed E-state index contributed by atoms with van der Waals surface area (Å²) in [5.41, 5.74) is 8.07. The van der Waals surface area contributed by atoms with Gasteiger partial charge in [0.1, 0.15) is 5.69 Å². The van der Waals surface area contributed by atoms with Crippen molar-refractivity contribution in [1.82, 2.24) is 20.3 Å². The Morgan fingerprint density at radius 3 is 2.85 bits per heavy atom. The maximum absolute atomic E-state index is 11.3. The SMILES string of the molecule is NC(=O)c1n[nH]nc1-c1cccc(CN2CCCC2)c1. The van der Waals surface area contributed by atoms with E-state index in [4.69, 9.17) is 5.73 Å². The first-order valence-corrected chi connectivity index (χ1v) is 6.76. The second-order valence-electron chi connectivity index (χ2n) is 5.07. The predicted molar refractivity (Wildman–Crippen MR) is 74.8 cm³/mol. The zero-order valence-electron chi connectivity index (χ0n) is 11.2. The van der Waals surface area contributed by atoms with Gasteiger partial charge in [0.15, 0.2) is 5.69 Å². The number of aromatic nitrogens is 3. The van der Waals surface area contributed by atoms with Gasteiger partial charge in [-0.3, -0.25) is 9.69 Å². The Morgan fingerprint density at radius 1 is 1.30 bits per heavy atom. The van der Waals surface area contributed by atoms with Crippen LogP contribution in [0.5, 0.6) is 0 Å². The topological polar surface area (TPSA) is 87.9 Å². The van der Waals surface area contributed by atoms with Gasteiger partial charge in [-0.15, -0.1) is 0 Å². The Labute approximate surface area is 117 Å². The lowest BCUT2D eigenvalue weighted by atomic mass is 10.1. The molecule has 0 bridgehead atoms. The minimum absolute atomic E-state index is 0.184. The molecule has 2 aromatic rings. The lowest BCUT2D eigenvalue weighted by molar-refractivity contribution is 0.0996. The molecule has 0 unspecified atom stereocenters. The summed E-state index contributed by atoms with van der Waals surface area (Å²) in [5, 5.41) is 10.3. The number of hydrogen-bond acceptors (Lipinski definition) is 4. The molecule has 104 valence electrons. The highest BCUT2D eigenvalue weighted by Crippen LogP contribution is 2.22. The van der Waals surface area contributed by atoms with Crippen LogP contribution in [0.3, 0.4) is 0 Å². The predicted octanol–water partition coefficient (Wildman–Crippen LogP) is 1.17. The van der Waals surface area contributed by atoms with Crippen LogP contribution in [0.25, 0.3) is 11.3 Å². The van der Waals surface area contributed by atoms with Crippen molar-refractivity contribution in [3.63, 3.8) is 0 Å². The summed E-state index contributed by atoms with van der Waals surface area (Å²) in [6.07, 6.45) is 2.55. The van der Waals surface area contributed by atoms with Crippen molar-refractivity contribution in [2.45, 2.75) is 19.4 Å². The molecule has 1 aromatic heterocycles. The molecule has 1 aliphatic heterocycles. The van der Waals surface area contributed by atoms with E-state index in [0.29, 0.717) is 5.69 Å². The molecular weight excluding hydrogens is 254 g/mol. The van der Waals surface area contributed by atoms with Crippen molar-refractivity contribution in [2.24, 2.45) is 5.73 Å². The molecule has 0 spiro atoms. The molecule has 0 radical (unpaired) electrons. The third kappa shape index (κ3) is 2.55. The van der Waals surface area contributed by atoms with Gasteiger partial charge in [-0.1, -0.05) is 18.2 Å². The van der Waals surface area contributed by atoms with Crippen LogP contribution in [0, 0.1) is 0 Å². The molecule has 3 rings (SSSR count). The Hall–Kier alpha value is -2.21. The maximum Gasteiger partial charge on any atom is 0.271 e. The third-order valence-corrected chi connectivity index (χ3v) is 3.59. The second kappa shape index (κ2) is 5.42. The number of hydrogen-bond donors (Lipinski definition) is 2. The standard InChI is InChI=1S/C14H17N5O/c15-14(20)13-12(16-18-17-13)11-5-3-4-10(8-11)9-19-6-1-2-7-19/h3-5,8H,1-2,6-7,9H2,(H2,15,20)(H,16,17,18). The first kappa shape index (κ1) is 12.8. The van der Waals surface area contributed by atoms with Crippen molar-refractivity contribution < 1.29 is 4.79 Å². The van der Waals surface area contributed by atoms with E-state index < -0.39 is 5.91 Å². The van der Waals surface area contributed by atoms with Gasteiger partial charge in [-0.2, -0.15) is 15.4 Å². The second-order valence-corrected chi connectivity index (χ2v) is 5.07. The summed E-state index contributed by atoms with van der Waals surface area (Å²) in [6.45, 7) is 3.24. The molecular formula is C14H17N5O. The number of amides is 1. The Bertz CT molecular complexity index is 616. The lowest BCUT2D eigenvalue weighted by Crippen LogP contribution is -2.18. The number of H-pyrrole nitrogens is 1.